The molecule has 21 aliphatic carbocycles. The van der Waals surface area contributed by atoms with Crippen LogP contribution in [0.1, 0.15) is 0 Å². The van der Waals surface area contributed by atoms with Crippen LogP contribution in [0.25, 0.3) is 129 Å². The van der Waals surface area contributed by atoms with Gasteiger partial charge in [0.25, 0.3) is 0 Å². The summed E-state index contributed by atoms with van der Waals surface area (Å²) in [4.78, 5) is 0. The van der Waals surface area contributed by atoms with E-state index in [1.165, 1.54) is 171 Å². The maximum atomic E-state index is 2.41. The van der Waals surface area contributed by atoms with Gasteiger partial charge in [-0.05, 0) is 268 Å². The van der Waals surface area contributed by atoms with Crippen molar-refractivity contribution in [2.24, 2.45) is 0 Å². The highest BCUT2D eigenvalue weighted by molar-refractivity contribution is 6.26. The normalized spacial score (nSPS) is 13.0. The molecular formula is C64H32. The van der Waals surface area contributed by atoms with Gasteiger partial charge < -0.3 is 0 Å². The quantitative estimate of drug-likeness (QED) is 0.134. The van der Waals surface area contributed by atoms with Crippen molar-refractivity contribution in [3.8, 4) is 0 Å². The molecule has 0 aliphatic heterocycles. The molecule has 0 radical (unpaired) electrons. The second-order valence-electron chi connectivity index (χ2n) is 18.9. The van der Waals surface area contributed by atoms with Crippen LogP contribution in [0.3, 0.4) is 0 Å². The first-order valence-corrected chi connectivity index (χ1v) is 22.5. The van der Waals surface area contributed by atoms with Gasteiger partial charge in [-0.2, -0.15) is 0 Å². The molecule has 37 rings (SSSR count). The van der Waals surface area contributed by atoms with Crippen molar-refractivity contribution in [3.05, 3.63) is 236 Å². The topological polar surface area (TPSA) is 0 Å². The van der Waals surface area contributed by atoms with E-state index in [1.54, 1.807) is 0 Å². The van der Waals surface area contributed by atoms with E-state index in [-0.39, 0.29) is 0 Å². The van der Waals surface area contributed by atoms with Gasteiger partial charge in [-0.3, -0.25) is 0 Å². The molecule has 288 valence electrons. The first kappa shape index (κ1) is 32.4. The van der Waals surface area contributed by atoms with Crippen LogP contribution in [0.4, 0.5) is 0 Å². The highest BCUT2D eigenvalue weighted by Gasteiger charge is 2.15. The zero-order valence-electron chi connectivity index (χ0n) is 34.5. The van der Waals surface area contributed by atoms with Crippen LogP contribution in [0.2, 0.25) is 0 Å². The number of hydrogen-bond donors (Lipinski definition) is 0. The minimum absolute atomic E-state index is 1.25. The first-order valence-electron chi connectivity index (χ1n) is 22.5. The summed E-state index contributed by atoms with van der Waals surface area (Å²) in [5.74, 6) is 0. The Morgan fingerprint density at radius 3 is 0.266 bits per heavy atom. The summed E-state index contributed by atoms with van der Waals surface area (Å²) in [7, 11) is 0. The molecule has 0 unspecified atom stereocenters. The molecule has 0 aromatic heterocycles. The van der Waals surface area contributed by atoms with Gasteiger partial charge in [0.1, 0.15) is 0 Å². The lowest BCUT2D eigenvalue weighted by Gasteiger charge is -2.14. The van der Waals surface area contributed by atoms with Crippen LogP contribution in [0.5, 0.6) is 0 Å². The molecule has 21 aliphatic rings. The Balaban J connectivity index is 1.06. The molecule has 0 heteroatoms. The fourth-order valence-corrected chi connectivity index (χ4v) is 12.7. The van der Waals surface area contributed by atoms with Crippen molar-refractivity contribution in [1.29, 1.82) is 0 Å². The van der Waals surface area contributed by atoms with E-state index >= 15 is 0 Å². The minimum atomic E-state index is 1.25. The Kier molecular flexibility index (Phi) is 5.57. The van der Waals surface area contributed by atoms with Crippen molar-refractivity contribution in [3.63, 3.8) is 0 Å². The highest BCUT2D eigenvalue weighted by Crippen LogP contribution is 2.41. The third-order valence-electron chi connectivity index (χ3n) is 15.5. The molecule has 0 N–H and O–H groups in total. The predicted octanol–water partition coefficient (Wildman–Crippen LogP) is 16.7. The zero-order valence-corrected chi connectivity index (χ0v) is 34.5. The Hall–Kier alpha value is -8.32. The molecule has 0 spiro atoms. The van der Waals surface area contributed by atoms with Crippen LogP contribution in [-0.4, -0.2) is 0 Å². The summed E-state index contributed by atoms with van der Waals surface area (Å²) in [5, 5.41) is 41.4. The van der Waals surface area contributed by atoms with E-state index < -0.39 is 0 Å². The molecule has 0 heterocycles. The van der Waals surface area contributed by atoms with Gasteiger partial charge in [0.2, 0.25) is 0 Å². The van der Waals surface area contributed by atoms with Crippen molar-refractivity contribution in [2.45, 2.75) is 0 Å². The maximum absolute atomic E-state index is 2.41. The molecule has 0 saturated heterocycles. The molecule has 0 fully saturated rings. The van der Waals surface area contributed by atoms with Crippen LogP contribution in [0.15, 0.2) is 194 Å². The van der Waals surface area contributed by atoms with Gasteiger partial charge >= 0.3 is 0 Å². The summed E-state index contributed by atoms with van der Waals surface area (Å²) in [6, 6.07) is 75.9. The molecule has 0 atom stereocenters. The molecule has 0 saturated carbocycles. The smallest absolute Gasteiger partial charge is 0.00264 e. The molecule has 0 amide bonds. The summed E-state index contributed by atoms with van der Waals surface area (Å²) < 4.78 is 0. The van der Waals surface area contributed by atoms with Gasteiger partial charge in [-0.15, -0.1) is 0 Å². The van der Waals surface area contributed by atoms with Gasteiger partial charge in [-0.1, -0.05) is 97.1 Å². The Morgan fingerprint density at radius 1 is 0.109 bits per heavy atom. The summed E-state index contributed by atoms with van der Waals surface area (Å²) in [6.45, 7) is 0. The lowest BCUT2D eigenvalue weighted by molar-refractivity contribution is 1.55. The van der Waals surface area contributed by atoms with E-state index in [0.717, 1.165) is 0 Å². The van der Waals surface area contributed by atoms with E-state index in [9.17, 15) is 0 Å². The van der Waals surface area contributed by atoms with Crippen LogP contribution < -0.4 is 0 Å². The van der Waals surface area contributed by atoms with Crippen molar-refractivity contribution >= 4 is 129 Å². The molecule has 0 nitrogen and oxygen atoms in total. The second kappa shape index (κ2) is 11.0. The monoisotopic (exact) mass is 800 g/mol. The minimum Gasteiger partial charge on any atom is -0.0537 e. The number of rotatable bonds is 0. The van der Waals surface area contributed by atoms with Gasteiger partial charge in [0.15, 0.2) is 0 Å². The zero-order chi connectivity index (χ0) is 41.1. The predicted molar refractivity (Wildman–Crippen MR) is 271 cm³/mol. The summed E-state index contributed by atoms with van der Waals surface area (Å²) in [6.07, 6.45) is 0. The van der Waals surface area contributed by atoms with Gasteiger partial charge in [0.05, 0.1) is 0 Å². The SMILES string of the molecule is c1cc2cc3cc4ccc5cc(cc1c5c24)=c1cc2ccc4cc(cc5ccc(c1)c2c45)=c1cc2ccc4cc(cc5ccc(c1)c2c45)=c1cc2ccc4cc=3cc3ccc(c1)c2c43. The summed E-state index contributed by atoms with van der Waals surface area (Å²) in [5.41, 5.74) is 0. The number of hydrogen-bond acceptors (Lipinski definition) is 0. The average molecular weight is 801 g/mol. The third kappa shape index (κ3) is 4.05. The molecule has 64 heavy (non-hydrogen) atoms. The Morgan fingerprint density at radius 2 is 0.188 bits per heavy atom. The van der Waals surface area contributed by atoms with E-state index in [4.69, 9.17) is 0 Å². The molecule has 32 bridgehead atoms. The molecular weight excluding hydrogens is 769 g/mol. The fourth-order valence-electron chi connectivity index (χ4n) is 12.7. The fraction of sp³-hybridized carbons (Fsp3) is 0. The Labute approximate surface area is 363 Å². The van der Waals surface area contributed by atoms with Crippen LogP contribution in [0, 0.1) is 41.7 Å². The second-order valence-corrected chi connectivity index (χ2v) is 18.9. The van der Waals surface area contributed by atoms with Gasteiger partial charge in [-0.25, -0.2) is 0 Å². The van der Waals surface area contributed by atoms with Crippen molar-refractivity contribution in [1.82, 2.24) is 0 Å². The first-order chi connectivity index (χ1) is 31.6. The molecule has 16 aromatic rings. The van der Waals surface area contributed by atoms with Crippen molar-refractivity contribution < 1.29 is 0 Å². The standard InChI is InChI=1S/C64H32/c1-2-34-18-50-20-36-4-3-35-19-49(17-33(1)57(35)58(34)36)51-21-37-5-7-41-25-53(26-42-8-6-38(22-51)59(37)61(41)42)55-29-45-13-15-47-31-56(32-48-16-14-46(30-55)63(45)64(47)48)54-27-43-11-9-39-23-52(50)24-40-10-12-44(28-54)62(43)60(39)40/h1-32H. The lowest BCUT2D eigenvalue weighted by Crippen LogP contribution is -1.89. The largest absolute Gasteiger partial charge is 0.0537 e. The van der Waals surface area contributed by atoms with Crippen LogP contribution in [-0.2, 0) is 0 Å². The van der Waals surface area contributed by atoms with Gasteiger partial charge in [0, 0.05) is 0 Å². The number of benzene rings is 16. The lowest BCUT2D eigenvalue weighted by atomic mass is 9.90. The van der Waals surface area contributed by atoms with E-state index in [2.05, 4.69) is 194 Å². The van der Waals surface area contributed by atoms with E-state index in [1.807, 2.05) is 0 Å². The average Bonchev–Trinajstić information content (AvgIpc) is 3.34. The molecule has 16 aromatic carbocycles. The Bertz CT molecular complexity index is 3960. The van der Waals surface area contributed by atoms with E-state index in [0.29, 0.717) is 0 Å². The van der Waals surface area contributed by atoms with Crippen LogP contribution >= 0.6 is 0 Å². The third-order valence-corrected chi connectivity index (χ3v) is 15.5. The highest BCUT2D eigenvalue weighted by atomic mass is 14.2. The summed E-state index contributed by atoms with van der Waals surface area (Å²) >= 11 is 0. The maximum Gasteiger partial charge on any atom is -0.00264 e. The van der Waals surface area contributed by atoms with Crippen molar-refractivity contribution in [2.75, 3.05) is 0 Å².